The summed E-state index contributed by atoms with van der Waals surface area (Å²) in [5.41, 5.74) is 1.23. The van der Waals surface area contributed by atoms with Gasteiger partial charge < -0.3 is 14.7 Å². The maximum absolute atomic E-state index is 10.5. The van der Waals surface area contributed by atoms with Gasteiger partial charge in [-0.1, -0.05) is 0 Å². The average molecular weight is 334 g/mol. The van der Waals surface area contributed by atoms with Gasteiger partial charge in [0.15, 0.2) is 0 Å². The maximum Gasteiger partial charge on any atom is 0.0841 e. The van der Waals surface area contributed by atoms with Crippen LogP contribution in [0.2, 0.25) is 0 Å². The van der Waals surface area contributed by atoms with Gasteiger partial charge in [0.1, 0.15) is 0 Å². The summed E-state index contributed by atoms with van der Waals surface area (Å²) in [4.78, 5) is 11.3. The summed E-state index contributed by atoms with van der Waals surface area (Å²) in [6.07, 6.45) is 3.29. The Kier molecular flexibility index (Phi) is 5.71. The first-order valence-electron chi connectivity index (χ1n) is 8.93. The second-order valence-electron chi connectivity index (χ2n) is 7.45. The standard InChI is InChI=1S/C18H30N4O2/c1-18(2,22-9-11-24-12-10-22)15-20-7-8-21(14-17(23)13-20)16-3-5-19-6-4-16/h3-6,17,23H,7-15H2,1-2H3/t17-/m1/s1. The number of hydrogen-bond donors (Lipinski definition) is 1. The second-order valence-corrected chi connectivity index (χ2v) is 7.45. The van der Waals surface area contributed by atoms with Crippen molar-refractivity contribution < 1.29 is 9.84 Å². The Bertz CT molecular complexity index is 505. The molecule has 2 saturated heterocycles. The number of aliphatic hydroxyl groups is 1. The number of aliphatic hydroxyl groups excluding tert-OH is 1. The molecular weight excluding hydrogens is 304 g/mol. The van der Waals surface area contributed by atoms with Crippen LogP contribution in [-0.2, 0) is 4.74 Å². The number of nitrogens with zero attached hydrogens (tertiary/aromatic N) is 4. The molecule has 6 nitrogen and oxygen atoms in total. The monoisotopic (exact) mass is 334 g/mol. The molecule has 0 radical (unpaired) electrons. The number of aromatic nitrogens is 1. The van der Waals surface area contributed by atoms with Crippen LogP contribution in [0.5, 0.6) is 0 Å². The van der Waals surface area contributed by atoms with Gasteiger partial charge in [0, 0.05) is 69.4 Å². The fourth-order valence-electron chi connectivity index (χ4n) is 3.80. The molecule has 0 amide bonds. The molecule has 24 heavy (non-hydrogen) atoms. The number of hydrogen-bond acceptors (Lipinski definition) is 6. The van der Waals surface area contributed by atoms with E-state index in [-0.39, 0.29) is 11.6 Å². The van der Waals surface area contributed by atoms with E-state index in [9.17, 15) is 5.11 Å². The van der Waals surface area contributed by atoms with Crippen molar-refractivity contribution in [1.29, 1.82) is 0 Å². The Morgan fingerprint density at radius 3 is 2.54 bits per heavy atom. The third-order valence-electron chi connectivity index (χ3n) is 5.09. The summed E-state index contributed by atoms with van der Waals surface area (Å²) in [6.45, 7) is 12.5. The second kappa shape index (κ2) is 7.78. The molecule has 2 fully saturated rings. The third kappa shape index (κ3) is 4.45. The lowest BCUT2D eigenvalue weighted by atomic mass is 10.0. The van der Waals surface area contributed by atoms with E-state index >= 15 is 0 Å². The van der Waals surface area contributed by atoms with E-state index in [2.05, 4.69) is 33.5 Å². The predicted octanol–water partition coefficient (Wildman–Crippen LogP) is 0.675. The van der Waals surface area contributed by atoms with Gasteiger partial charge in [-0.25, -0.2) is 0 Å². The summed E-state index contributed by atoms with van der Waals surface area (Å²) in [5, 5.41) is 10.5. The van der Waals surface area contributed by atoms with Crippen molar-refractivity contribution in [3.05, 3.63) is 24.5 Å². The van der Waals surface area contributed by atoms with Crippen LogP contribution < -0.4 is 4.90 Å². The van der Waals surface area contributed by atoms with E-state index in [1.165, 1.54) is 0 Å². The molecule has 0 saturated carbocycles. The Balaban J connectivity index is 1.61. The van der Waals surface area contributed by atoms with E-state index < -0.39 is 0 Å². The Morgan fingerprint density at radius 2 is 1.83 bits per heavy atom. The average Bonchev–Trinajstić information content (AvgIpc) is 2.77. The van der Waals surface area contributed by atoms with Crippen LogP contribution in [0.3, 0.4) is 0 Å². The van der Waals surface area contributed by atoms with Crippen molar-refractivity contribution in [1.82, 2.24) is 14.8 Å². The lowest BCUT2D eigenvalue weighted by Gasteiger charge is -2.43. The van der Waals surface area contributed by atoms with E-state index in [0.29, 0.717) is 6.54 Å². The lowest BCUT2D eigenvalue weighted by molar-refractivity contribution is -0.0240. The molecule has 1 atom stereocenters. The normalized spacial score (nSPS) is 24.8. The zero-order valence-electron chi connectivity index (χ0n) is 14.9. The molecule has 2 aliphatic rings. The number of pyridine rings is 1. The van der Waals surface area contributed by atoms with Crippen molar-refractivity contribution >= 4 is 5.69 Å². The van der Waals surface area contributed by atoms with Crippen LogP contribution in [0.15, 0.2) is 24.5 Å². The van der Waals surface area contributed by atoms with Gasteiger partial charge in [-0.2, -0.15) is 0 Å². The summed E-state index contributed by atoms with van der Waals surface area (Å²) in [6, 6.07) is 4.03. The smallest absolute Gasteiger partial charge is 0.0841 e. The highest BCUT2D eigenvalue weighted by molar-refractivity contribution is 5.44. The number of rotatable bonds is 4. The predicted molar refractivity (Wildman–Crippen MR) is 95.4 cm³/mol. The van der Waals surface area contributed by atoms with Crippen molar-refractivity contribution in [2.75, 3.05) is 63.9 Å². The molecule has 1 aromatic rings. The van der Waals surface area contributed by atoms with Crippen LogP contribution in [-0.4, -0.2) is 90.6 Å². The van der Waals surface area contributed by atoms with Gasteiger partial charge in [0.2, 0.25) is 0 Å². The number of β-amino-alcohol motifs (C(OH)–C–C–N with tert-alkyl or cyclic N) is 1. The topological polar surface area (TPSA) is 52.1 Å². The molecule has 0 aromatic carbocycles. The largest absolute Gasteiger partial charge is 0.390 e. The van der Waals surface area contributed by atoms with Crippen molar-refractivity contribution in [2.45, 2.75) is 25.5 Å². The van der Waals surface area contributed by atoms with Crippen LogP contribution in [0.4, 0.5) is 5.69 Å². The molecule has 3 rings (SSSR count). The molecule has 2 aliphatic heterocycles. The van der Waals surface area contributed by atoms with Crippen molar-refractivity contribution in [3.8, 4) is 0 Å². The van der Waals surface area contributed by atoms with Gasteiger partial charge in [0.05, 0.1) is 19.3 Å². The minimum absolute atomic E-state index is 0.0926. The summed E-state index contributed by atoms with van der Waals surface area (Å²) >= 11 is 0. The van der Waals surface area contributed by atoms with Crippen molar-refractivity contribution in [2.24, 2.45) is 0 Å². The molecule has 1 aromatic heterocycles. The van der Waals surface area contributed by atoms with Crippen LogP contribution in [0, 0.1) is 0 Å². The zero-order chi connectivity index (χ0) is 17.0. The van der Waals surface area contributed by atoms with Crippen LogP contribution in [0.25, 0.3) is 0 Å². The summed E-state index contributed by atoms with van der Waals surface area (Å²) in [5.74, 6) is 0. The van der Waals surface area contributed by atoms with Gasteiger partial charge in [-0.15, -0.1) is 0 Å². The van der Waals surface area contributed by atoms with E-state index in [1.807, 2.05) is 24.5 Å². The highest BCUT2D eigenvalue weighted by Gasteiger charge is 2.32. The fraction of sp³-hybridized carbons (Fsp3) is 0.722. The summed E-state index contributed by atoms with van der Waals surface area (Å²) in [7, 11) is 0. The maximum atomic E-state index is 10.5. The SMILES string of the molecule is CC(C)(CN1CCN(c2ccncc2)C[C@H](O)C1)N1CCOCC1. The molecule has 0 unspecified atom stereocenters. The molecule has 0 aliphatic carbocycles. The lowest BCUT2D eigenvalue weighted by Crippen LogP contribution is -2.56. The molecule has 6 heteroatoms. The summed E-state index contributed by atoms with van der Waals surface area (Å²) < 4.78 is 5.48. The van der Waals surface area contributed by atoms with E-state index in [1.54, 1.807) is 0 Å². The number of morpholine rings is 1. The minimum Gasteiger partial charge on any atom is -0.390 e. The quantitative estimate of drug-likeness (QED) is 0.874. The molecule has 0 bridgehead atoms. The Labute approximate surface area is 145 Å². The molecular formula is C18H30N4O2. The number of ether oxygens (including phenoxy) is 1. The molecule has 134 valence electrons. The van der Waals surface area contributed by atoms with Gasteiger partial charge in [0.25, 0.3) is 0 Å². The highest BCUT2D eigenvalue weighted by atomic mass is 16.5. The molecule has 0 spiro atoms. The van der Waals surface area contributed by atoms with Gasteiger partial charge in [-0.3, -0.25) is 14.8 Å². The highest BCUT2D eigenvalue weighted by Crippen LogP contribution is 2.20. The molecule has 1 N–H and O–H groups in total. The van der Waals surface area contributed by atoms with Crippen molar-refractivity contribution in [3.63, 3.8) is 0 Å². The van der Waals surface area contributed by atoms with Crippen LogP contribution >= 0.6 is 0 Å². The number of anilines is 1. The Hall–Kier alpha value is -1.21. The zero-order valence-corrected chi connectivity index (χ0v) is 14.9. The first kappa shape index (κ1) is 17.6. The molecule has 3 heterocycles. The van der Waals surface area contributed by atoms with Gasteiger partial charge >= 0.3 is 0 Å². The first-order chi connectivity index (χ1) is 11.5. The van der Waals surface area contributed by atoms with Gasteiger partial charge in [-0.05, 0) is 26.0 Å². The van der Waals surface area contributed by atoms with E-state index in [4.69, 9.17) is 4.74 Å². The fourth-order valence-corrected chi connectivity index (χ4v) is 3.80. The Morgan fingerprint density at radius 1 is 1.12 bits per heavy atom. The minimum atomic E-state index is -0.332. The first-order valence-corrected chi connectivity index (χ1v) is 8.93. The van der Waals surface area contributed by atoms with Crippen LogP contribution in [0.1, 0.15) is 13.8 Å². The van der Waals surface area contributed by atoms with E-state index in [0.717, 1.165) is 58.2 Å². The third-order valence-corrected chi connectivity index (χ3v) is 5.09.